The number of benzene rings is 1. The second kappa shape index (κ2) is 4.75. The van der Waals surface area contributed by atoms with Crippen molar-refractivity contribution in [2.75, 3.05) is 6.61 Å². The highest BCUT2D eigenvalue weighted by atomic mass is 35.5. The zero-order chi connectivity index (χ0) is 12.4. The van der Waals surface area contributed by atoms with Crippen LogP contribution in [0.25, 0.3) is 0 Å². The van der Waals surface area contributed by atoms with Gasteiger partial charge in [-0.2, -0.15) is 0 Å². The fourth-order valence-corrected chi connectivity index (χ4v) is 1.88. The summed E-state index contributed by atoms with van der Waals surface area (Å²) in [5, 5.41) is -0.744. The van der Waals surface area contributed by atoms with Gasteiger partial charge in [0, 0.05) is 0 Å². The maximum Gasteiger partial charge on any atom is 0.417 e. The Kier molecular flexibility index (Phi) is 3.33. The molecule has 2 atom stereocenters. The highest BCUT2D eigenvalue weighted by molar-refractivity contribution is 6.31. The Hall–Kier alpha value is -1.55. The van der Waals surface area contributed by atoms with E-state index in [2.05, 4.69) is 0 Å². The van der Waals surface area contributed by atoms with Crippen molar-refractivity contribution in [3.8, 4) is 0 Å². The lowest BCUT2D eigenvalue weighted by Gasteiger charge is -2.20. The van der Waals surface area contributed by atoms with E-state index in [9.17, 15) is 9.59 Å². The third kappa shape index (κ3) is 2.26. The SMILES string of the molecule is CC(Cl)C(=O)N1C(=O)OC[C@@H]1c1ccccc1. The summed E-state index contributed by atoms with van der Waals surface area (Å²) >= 11 is 5.73. The summed E-state index contributed by atoms with van der Waals surface area (Å²) in [4.78, 5) is 24.5. The molecule has 0 aliphatic carbocycles. The van der Waals surface area contributed by atoms with Gasteiger partial charge in [-0.1, -0.05) is 30.3 Å². The Bertz CT molecular complexity index is 433. The number of carbonyl (C=O) groups excluding carboxylic acids is 2. The molecule has 0 bridgehead atoms. The van der Waals surface area contributed by atoms with E-state index in [0.29, 0.717) is 0 Å². The minimum Gasteiger partial charge on any atom is -0.446 e. The molecule has 90 valence electrons. The molecular weight excluding hydrogens is 242 g/mol. The molecule has 17 heavy (non-hydrogen) atoms. The number of nitrogens with zero attached hydrogens (tertiary/aromatic N) is 1. The van der Waals surface area contributed by atoms with Gasteiger partial charge in [0.05, 0.1) is 0 Å². The van der Waals surface area contributed by atoms with Crippen LogP contribution < -0.4 is 0 Å². The van der Waals surface area contributed by atoms with Gasteiger partial charge in [-0.3, -0.25) is 4.79 Å². The molecule has 0 aromatic heterocycles. The van der Waals surface area contributed by atoms with Crippen LogP contribution in [-0.4, -0.2) is 28.9 Å². The summed E-state index contributed by atoms with van der Waals surface area (Å²) in [5.74, 6) is -0.428. The van der Waals surface area contributed by atoms with Crippen LogP contribution in [-0.2, 0) is 9.53 Å². The molecule has 1 aliphatic rings. The van der Waals surface area contributed by atoms with E-state index in [0.717, 1.165) is 10.5 Å². The van der Waals surface area contributed by atoms with Gasteiger partial charge in [-0.25, -0.2) is 9.69 Å². The predicted molar refractivity (Wildman–Crippen MR) is 62.7 cm³/mol. The number of halogens is 1. The molecule has 1 unspecified atom stereocenters. The normalized spacial score (nSPS) is 21.2. The van der Waals surface area contributed by atoms with Crippen LogP contribution in [0.15, 0.2) is 30.3 Å². The highest BCUT2D eigenvalue weighted by Crippen LogP contribution is 2.28. The lowest BCUT2D eigenvalue weighted by Crippen LogP contribution is -2.38. The van der Waals surface area contributed by atoms with Crippen molar-refractivity contribution in [3.63, 3.8) is 0 Å². The monoisotopic (exact) mass is 253 g/mol. The third-order valence-electron chi connectivity index (χ3n) is 2.64. The highest BCUT2D eigenvalue weighted by Gasteiger charge is 2.40. The van der Waals surface area contributed by atoms with Gasteiger partial charge in [-0.15, -0.1) is 11.6 Å². The maximum atomic E-state index is 11.8. The van der Waals surface area contributed by atoms with E-state index in [4.69, 9.17) is 16.3 Å². The van der Waals surface area contributed by atoms with Crippen LogP contribution >= 0.6 is 11.6 Å². The fraction of sp³-hybridized carbons (Fsp3) is 0.333. The van der Waals surface area contributed by atoms with Crippen molar-refractivity contribution < 1.29 is 14.3 Å². The first-order valence-corrected chi connectivity index (χ1v) is 5.73. The second-order valence-electron chi connectivity index (χ2n) is 3.83. The fourth-order valence-electron chi connectivity index (χ4n) is 1.78. The smallest absolute Gasteiger partial charge is 0.417 e. The van der Waals surface area contributed by atoms with Gasteiger partial charge in [0.15, 0.2) is 0 Å². The first kappa shape index (κ1) is 11.9. The van der Waals surface area contributed by atoms with E-state index in [1.807, 2.05) is 30.3 Å². The molecule has 1 saturated heterocycles. The van der Waals surface area contributed by atoms with Gasteiger partial charge in [0.1, 0.15) is 18.0 Å². The largest absolute Gasteiger partial charge is 0.446 e. The Morgan fingerprint density at radius 3 is 2.71 bits per heavy atom. The van der Waals surface area contributed by atoms with E-state index >= 15 is 0 Å². The summed E-state index contributed by atoms with van der Waals surface area (Å²) in [5.41, 5.74) is 0.865. The Balaban J connectivity index is 2.29. The average Bonchev–Trinajstić information content (AvgIpc) is 2.71. The quantitative estimate of drug-likeness (QED) is 0.760. The van der Waals surface area contributed by atoms with Gasteiger partial charge >= 0.3 is 6.09 Å². The molecule has 0 radical (unpaired) electrons. The molecule has 1 heterocycles. The van der Waals surface area contributed by atoms with Crippen molar-refractivity contribution in [1.82, 2.24) is 4.90 Å². The number of hydrogen-bond donors (Lipinski definition) is 0. The standard InChI is InChI=1S/C12H12ClNO3/c1-8(13)11(15)14-10(7-17-12(14)16)9-5-3-2-4-6-9/h2-6,8,10H,7H2,1H3/t8?,10-/m1/s1. The van der Waals surface area contributed by atoms with Crippen LogP contribution in [0.5, 0.6) is 0 Å². The van der Waals surface area contributed by atoms with Crippen LogP contribution in [0.4, 0.5) is 4.79 Å². The summed E-state index contributed by atoms with van der Waals surface area (Å²) in [6.07, 6.45) is -0.628. The molecule has 5 heteroatoms. The predicted octanol–water partition coefficient (Wildman–Crippen LogP) is 2.33. The van der Waals surface area contributed by atoms with E-state index in [1.165, 1.54) is 6.92 Å². The number of amides is 2. The zero-order valence-corrected chi connectivity index (χ0v) is 10.1. The van der Waals surface area contributed by atoms with Crippen molar-refractivity contribution in [2.24, 2.45) is 0 Å². The molecule has 1 fully saturated rings. The molecule has 4 nitrogen and oxygen atoms in total. The molecule has 2 amide bonds. The van der Waals surface area contributed by atoms with Crippen molar-refractivity contribution in [3.05, 3.63) is 35.9 Å². The number of carbonyl (C=O) groups is 2. The van der Waals surface area contributed by atoms with Crippen LogP contribution in [0, 0.1) is 0 Å². The van der Waals surface area contributed by atoms with Gasteiger partial charge in [0.25, 0.3) is 0 Å². The Morgan fingerprint density at radius 2 is 2.12 bits per heavy atom. The lowest BCUT2D eigenvalue weighted by atomic mass is 10.1. The summed E-state index contributed by atoms with van der Waals surface area (Å²) < 4.78 is 4.91. The zero-order valence-electron chi connectivity index (χ0n) is 9.30. The average molecular weight is 254 g/mol. The number of rotatable bonds is 2. The van der Waals surface area contributed by atoms with Crippen LogP contribution in [0.3, 0.4) is 0 Å². The minimum absolute atomic E-state index is 0.179. The number of imide groups is 1. The summed E-state index contributed by atoms with van der Waals surface area (Å²) in [6, 6.07) is 8.91. The number of hydrogen-bond acceptors (Lipinski definition) is 3. The molecule has 0 N–H and O–H groups in total. The molecule has 0 saturated carbocycles. The maximum absolute atomic E-state index is 11.8. The van der Waals surface area contributed by atoms with Gasteiger partial charge in [-0.05, 0) is 12.5 Å². The van der Waals surface area contributed by atoms with Gasteiger partial charge in [0.2, 0.25) is 5.91 Å². The van der Waals surface area contributed by atoms with Crippen molar-refractivity contribution in [1.29, 1.82) is 0 Å². The summed E-state index contributed by atoms with van der Waals surface area (Å²) in [7, 11) is 0. The topological polar surface area (TPSA) is 46.6 Å². The Labute approximate surface area is 104 Å². The lowest BCUT2D eigenvalue weighted by molar-refractivity contribution is -0.128. The molecule has 2 rings (SSSR count). The number of ether oxygens (including phenoxy) is 1. The molecule has 1 aliphatic heterocycles. The van der Waals surface area contributed by atoms with Crippen molar-refractivity contribution in [2.45, 2.75) is 18.3 Å². The number of alkyl halides is 1. The molecule has 1 aromatic carbocycles. The minimum atomic E-state index is -0.744. The van der Waals surface area contributed by atoms with Crippen LogP contribution in [0.2, 0.25) is 0 Å². The Morgan fingerprint density at radius 1 is 1.47 bits per heavy atom. The van der Waals surface area contributed by atoms with E-state index in [1.54, 1.807) is 0 Å². The third-order valence-corrected chi connectivity index (χ3v) is 2.82. The first-order chi connectivity index (χ1) is 8.11. The first-order valence-electron chi connectivity index (χ1n) is 5.30. The van der Waals surface area contributed by atoms with Crippen LogP contribution in [0.1, 0.15) is 18.5 Å². The van der Waals surface area contributed by atoms with Gasteiger partial charge < -0.3 is 4.74 Å². The molecule has 0 spiro atoms. The van der Waals surface area contributed by atoms with E-state index in [-0.39, 0.29) is 12.6 Å². The molecular formula is C12H12ClNO3. The number of cyclic esters (lactones) is 1. The molecule has 1 aromatic rings. The second-order valence-corrected chi connectivity index (χ2v) is 4.48. The summed E-state index contributed by atoms with van der Waals surface area (Å²) in [6.45, 7) is 1.72. The van der Waals surface area contributed by atoms with Crippen molar-refractivity contribution >= 4 is 23.6 Å². The van der Waals surface area contributed by atoms with E-state index < -0.39 is 17.4 Å².